The summed E-state index contributed by atoms with van der Waals surface area (Å²) < 4.78 is 11.8. The third kappa shape index (κ3) is 3.65. The number of aryl methyl sites for hydroxylation is 1. The van der Waals surface area contributed by atoms with E-state index in [1.165, 1.54) is 11.8 Å². The van der Waals surface area contributed by atoms with Gasteiger partial charge in [-0.3, -0.25) is 4.79 Å². The number of benzene rings is 2. The Hall–Kier alpha value is -3.26. The average molecular weight is 388 g/mol. The predicted octanol–water partition coefficient (Wildman–Crippen LogP) is 3.08. The van der Waals surface area contributed by atoms with Crippen LogP contribution in [0.2, 0.25) is 5.02 Å². The van der Waals surface area contributed by atoms with Crippen LogP contribution in [-0.4, -0.2) is 35.1 Å². The molecule has 0 bridgehead atoms. The zero-order chi connectivity index (χ0) is 19.6. The van der Waals surface area contributed by atoms with Crippen molar-refractivity contribution in [1.29, 1.82) is 0 Å². The molecule has 1 aromatic heterocycles. The van der Waals surface area contributed by atoms with Crippen LogP contribution in [0.3, 0.4) is 0 Å². The van der Waals surface area contributed by atoms with Crippen molar-refractivity contribution < 1.29 is 14.3 Å². The number of aromatic nitrogens is 3. The normalized spacial score (nSPS) is 10.5. The number of nitrogens with two attached hydrogens (primary N) is 1. The molecule has 0 aliphatic carbocycles. The second-order valence-electron chi connectivity index (χ2n) is 5.69. The smallest absolute Gasteiger partial charge is 0.280 e. The summed E-state index contributed by atoms with van der Waals surface area (Å²) >= 11 is 5.98. The van der Waals surface area contributed by atoms with E-state index in [1.807, 2.05) is 13.0 Å². The number of rotatable bonds is 5. The molecule has 2 aromatic carbocycles. The molecule has 8 nitrogen and oxygen atoms in total. The first kappa shape index (κ1) is 18.5. The van der Waals surface area contributed by atoms with Gasteiger partial charge in [-0.1, -0.05) is 22.9 Å². The second-order valence-corrected chi connectivity index (χ2v) is 6.12. The lowest BCUT2D eigenvalue weighted by atomic mass is 10.2. The van der Waals surface area contributed by atoms with Crippen molar-refractivity contribution in [2.24, 2.45) is 0 Å². The highest BCUT2D eigenvalue weighted by Crippen LogP contribution is 2.30. The first-order valence-electron chi connectivity index (χ1n) is 7.95. The van der Waals surface area contributed by atoms with Gasteiger partial charge in [0.05, 0.1) is 19.9 Å². The molecule has 0 unspecified atom stereocenters. The lowest BCUT2D eigenvalue weighted by molar-refractivity contribution is 0.102. The fraction of sp³-hybridized carbons (Fsp3) is 0.167. The number of hydrogen-bond acceptors (Lipinski definition) is 6. The first-order chi connectivity index (χ1) is 12.9. The molecule has 3 aromatic rings. The Morgan fingerprint density at radius 1 is 1.15 bits per heavy atom. The number of nitrogens with zero attached hydrogens (tertiary/aromatic N) is 3. The molecule has 140 valence electrons. The average Bonchev–Trinajstić information content (AvgIpc) is 3.05. The number of ether oxygens (including phenoxy) is 2. The van der Waals surface area contributed by atoms with Gasteiger partial charge in [-0.25, -0.2) is 0 Å². The van der Waals surface area contributed by atoms with Crippen molar-refractivity contribution in [3.8, 4) is 17.2 Å². The molecular formula is C18H18ClN5O3. The highest BCUT2D eigenvalue weighted by Gasteiger charge is 2.20. The molecule has 3 N–H and O–H groups in total. The van der Waals surface area contributed by atoms with Gasteiger partial charge in [0.2, 0.25) is 0 Å². The van der Waals surface area contributed by atoms with E-state index in [1.54, 1.807) is 37.4 Å². The maximum absolute atomic E-state index is 12.6. The van der Waals surface area contributed by atoms with Gasteiger partial charge in [0.25, 0.3) is 5.91 Å². The van der Waals surface area contributed by atoms with Crippen LogP contribution in [0.5, 0.6) is 11.5 Å². The van der Waals surface area contributed by atoms with Gasteiger partial charge in [-0.2, -0.15) is 4.68 Å². The molecule has 27 heavy (non-hydrogen) atoms. The number of nitrogen functional groups attached to an aromatic ring is 1. The molecule has 1 heterocycles. The molecule has 0 atom stereocenters. The zero-order valence-electron chi connectivity index (χ0n) is 15.0. The maximum atomic E-state index is 12.6. The Kier molecular flexibility index (Phi) is 5.18. The second kappa shape index (κ2) is 7.55. The van der Waals surface area contributed by atoms with Crippen molar-refractivity contribution in [2.45, 2.75) is 6.92 Å². The van der Waals surface area contributed by atoms with Gasteiger partial charge in [-0.15, -0.1) is 5.10 Å². The standard InChI is InChI=1S/C18H18ClN5O3/c1-10-4-5-11(19)8-13(10)21-18(25)16-17(20)24(23-22-16)12-6-7-14(26-2)15(9-12)27-3/h4-9H,20H2,1-3H3,(H,21,25). The molecule has 0 aliphatic heterocycles. The van der Waals surface area contributed by atoms with Crippen LogP contribution in [0.1, 0.15) is 16.1 Å². The van der Waals surface area contributed by atoms with Crippen molar-refractivity contribution in [1.82, 2.24) is 15.0 Å². The van der Waals surface area contributed by atoms with Gasteiger partial charge < -0.3 is 20.5 Å². The molecule has 9 heteroatoms. The van der Waals surface area contributed by atoms with Gasteiger partial charge >= 0.3 is 0 Å². The largest absolute Gasteiger partial charge is 0.493 e. The van der Waals surface area contributed by atoms with E-state index in [0.717, 1.165) is 5.56 Å². The number of nitrogens with one attached hydrogen (secondary N) is 1. The number of halogens is 1. The molecule has 0 spiro atoms. The summed E-state index contributed by atoms with van der Waals surface area (Å²) in [4.78, 5) is 12.6. The Labute approximate surface area is 160 Å². The zero-order valence-corrected chi connectivity index (χ0v) is 15.7. The van der Waals surface area contributed by atoms with Gasteiger partial charge in [-0.05, 0) is 36.8 Å². The number of carbonyl (C=O) groups is 1. The Morgan fingerprint density at radius 3 is 2.59 bits per heavy atom. The Morgan fingerprint density at radius 2 is 1.89 bits per heavy atom. The van der Waals surface area contributed by atoms with Crippen LogP contribution in [-0.2, 0) is 0 Å². The minimum Gasteiger partial charge on any atom is -0.493 e. The molecular weight excluding hydrogens is 370 g/mol. The number of carbonyl (C=O) groups excluding carboxylic acids is 1. The van der Waals surface area contributed by atoms with Crippen LogP contribution < -0.4 is 20.5 Å². The van der Waals surface area contributed by atoms with Crippen LogP contribution >= 0.6 is 11.6 Å². The fourth-order valence-electron chi connectivity index (χ4n) is 2.51. The highest BCUT2D eigenvalue weighted by atomic mass is 35.5. The summed E-state index contributed by atoms with van der Waals surface area (Å²) in [5, 5.41) is 11.1. The SMILES string of the molecule is COc1ccc(-n2nnc(C(=O)Nc3cc(Cl)ccc3C)c2N)cc1OC. The third-order valence-corrected chi connectivity index (χ3v) is 4.21. The van der Waals surface area contributed by atoms with E-state index in [-0.39, 0.29) is 11.5 Å². The van der Waals surface area contributed by atoms with Crippen molar-refractivity contribution in [3.63, 3.8) is 0 Å². The molecule has 0 saturated heterocycles. The minimum atomic E-state index is -0.482. The van der Waals surface area contributed by atoms with Crippen molar-refractivity contribution in [3.05, 3.63) is 52.7 Å². The van der Waals surface area contributed by atoms with Crippen molar-refractivity contribution >= 4 is 29.0 Å². The van der Waals surface area contributed by atoms with E-state index >= 15 is 0 Å². The predicted molar refractivity (Wildman–Crippen MR) is 103 cm³/mol. The fourth-order valence-corrected chi connectivity index (χ4v) is 2.68. The van der Waals surface area contributed by atoms with Gasteiger partial charge in [0, 0.05) is 16.8 Å². The van der Waals surface area contributed by atoms with Crippen LogP contribution in [0, 0.1) is 6.92 Å². The summed E-state index contributed by atoms with van der Waals surface area (Å²) in [7, 11) is 3.07. The van der Waals surface area contributed by atoms with E-state index in [9.17, 15) is 4.79 Å². The molecule has 0 aliphatic rings. The summed E-state index contributed by atoms with van der Waals surface area (Å²) in [6.07, 6.45) is 0. The van der Waals surface area contributed by atoms with Crippen LogP contribution in [0.4, 0.5) is 11.5 Å². The van der Waals surface area contributed by atoms with E-state index in [0.29, 0.717) is 27.9 Å². The lowest BCUT2D eigenvalue weighted by Crippen LogP contribution is -2.15. The van der Waals surface area contributed by atoms with Crippen LogP contribution in [0.25, 0.3) is 5.69 Å². The van der Waals surface area contributed by atoms with E-state index in [4.69, 9.17) is 26.8 Å². The number of anilines is 2. The monoisotopic (exact) mass is 387 g/mol. The topological polar surface area (TPSA) is 104 Å². The Bertz CT molecular complexity index is 1000. The molecule has 1 amide bonds. The van der Waals surface area contributed by atoms with E-state index < -0.39 is 5.91 Å². The van der Waals surface area contributed by atoms with Crippen LogP contribution in [0.15, 0.2) is 36.4 Å². The van der Waals surface area contributed by atoms with Gasteiger partial charge in [0.1, 0.15) is 0 Å². The molecule has 0 radical (unpaired) electrons. The van der Waals surface area contributed by atoms with Crippen molar-refractivity contribution in [2.75, 3.05) is 25.3 Å². The number of hydrogen-bond donors (Lipinski definition) is 2. The van der Waals surface area contributed by atoms with E-state index in [2.05, 4.69) is 15.6 Å². The third-order valence-electron chi connectivity index (χ3n) is 3.98. The lowest BCUT2D eigenvalue weighted by Gasteiger charge is -2.10. The Balaban J connectivity index is 1.91. The summed E-state index contributed by atoms with van der Waals surface area (Å²) in [5.41, 5.74) is 8.12. The van der Waals surface area contributed by atoms with Gasteiger partial charge in [0.15, 0.2) is 23.0 Å². The summed E-state index contributed by atoms with van der Waals surface area (Å²) in [5.74, 6) is 0.684. The molecule has 0 fully saturated rings. The minimum absolute atomic E-state index is 0.00385. The summed E-state index contributed by atoms with van der Waals surface area (Å²) in [6, 6.07) is 10.3. The number of amides is 1. The highest BCUT2D eigenvalue weighted by molar-refractivity contribution is 6.31. The number of methoxy groups -OCH3 is 2. The molecule has 3 rings (SSSR count). The first-order valence-corrected chi connectivity index (χ1v) is 8.33. The maximum Gasteiger partial charge on any atom is 0.280 e. The quantitative estimate of drug-likeness (QED) is 0.697. The summed E-state index contributed by atoms with van der Waals surface area (Å²) in [6.45, 7) is 1.86. The molecule has 0 saturated carbocycles.